The van der Waals surface area contributed by atoms with Crippen LogP contribution in [0, 0.1) is 0 Å². The lowest BCUT2D eigenvalue weighted by Crippen LogP contribution is -2.58. The number of para-hydroxylation sites is 1. The molecule has 0 aromatic heterocycles. The zero-order valence-corrected chi connectivity index (χ0v) is 15.9. The molecule has 0 aliphatic carbocycles. The van der Waals surface area contributed by atoms with Gasteiger partial charge in [-0.15, -0.1) is 0 Å². The number of hydrogen-bond acceptors (Lipinski definition) is 5. The topological polar surface area (TPSA) is 62.2 Å². The van der Waals surface area contributed by atoms with E-state index >= 15 is 0 Å². The lowest BCUT2D eigenvalue weighted by molar-refractivity contribution is -0.144. The van der Waals surface area contributed by atoms with Crippen molar-refractivity contribution in [2.24, 2.45) is 0 Å². The Labute approximate surface area is 150 Å². The fourth-order valence-corrected chi connectivity index (χ4v) is 3.46. The summed E-state index contributed by atoms with van der Waals surface area (Å²) in [5, 5.41) is 9.16. The number of benzene rings is 1. The van der Waals surface area contributed by atoms with Gasteiger partial charge in [0.15, 0.2) is 17.6 Å². The first-order valence-corrected chi connectivity index (χ1v) is 8.81. The molecule has 1 aliphatic rings. The summed E-state index contributed by atoms with van der Waals surface area (Å²) in [5.74, 6) is 0.0993. The third-order valence-corrected chi connectivity index (χ3v) is 4.85. The van der Waals surface area contributed by atoms with Gasteiger partial charge < -0.3 is 14.6 Å². The summed E-state index contributed by atoms with van der Waals surface area (Å²) in [6.45, 7) is 12.9. The van der Waals surface area contributed by atoms with Crippen molar-refractivity contribution in [3.05, 3.63) is 23.8 Å². The van der Waals surface area contributed by atoms with Crippen LogP contribution in [0.25, 0.3) is 0 Å². The van der Waals surface area contributed by atoms with E-state index in [0.717, 1.165) is 31.7 Å². The van der Waals surface area contributed by atoms with Gasteiger partial charge in [0.05, 0.1) is 7.11 Å². The molecule has 0 saturated carbocycles. The quantitative estimate of drug-likeness (QED) is 0.815. The highest BCUT2D eigenvalue weighted by atomic mass is 16.5. The minimum absolute atomic E-state index is 0.112. The Balaban J connectivity index is 2.20. The fraction of sp³-hybridized carbons (Fsp3) is 0.632. The number of methoxy groups -OCH3 is 1. The Kier molecular flexibility index (Phi) is 6.30. The number of nitrogens with zero attached hydrogens (tertiary/aromatic N) is 2. The van der Waals surface area contributed by atoms with E-state index < -0.39 is 12.1 Å². The zero-order valence-electron chi connectivity index (χ0n) is 15.9. The molecule has 1 aliphatic heterocycles. The van der Waals surface area contributed by atoms with E-state index in [1.165, 1.54) is 6.92 Å². The Hall–Kier alpha value is -1.79. The highest BCUT2D eigenvalue weighted by Gasteiger charge is 2.33. The van der Waals surface area contributed by atoms with E-state index in [4.69, 9.17) is 14.6 Å². The number of rotatable bonds is 7. The Morgan fingerprint density at radius 3 is 2.64 bits per heavy atom. The second-order valence-electron chi connectivity index (χ2n) is 7.15. The van der Waals surface area contributed by atoms with Crippen LogP contribution in [0.2, 0.25) is 0 Å². The molecule has 1 heterocycles. The van der Waals surface area contributed by atoms with E-state index in [-0.39, 0.29) is 5.54 Å². The molecule has 1 unspecified atom stereocenters. The summed E-state index contributed by atoms with van der Waals surface area (Å²) in [5.41, 5.74) is 1.06. The first kappa shape index (κ1) is 19.5. The van der Waals surface area contributed by atoms with E-state index in [1.807, 2.05) is 12.1 Å². The van der Waals surface area contributed by atoms with Gasteiger partial charge in [-0.1, -0.05) is 19.1 Å². The standard InChI is InChI=1S/C19H30N2O4/c1-6-21-11-10-20(13-19(21,3)4)12-15-8-7-9-16(24-5)17(15)25-14(2)18(22)23/h7-9,14H,6,10-13H2,1-5H3,(H,22,23). The molecular formula is C19H30N2O4. The van der Waals surface area contributed by atoms with Crippen molar-refractivity contribution in [2.45, 2.75) is 45.9 Å². The monoisotopic (exact) mass is 350 g/mol. The summed E-state index contributed by atoms with van der Waals surface area (Å²) in [4.78, 5) is 16.1. The van der Waals surface area contributed by atoms with Gasteiger partial charge in [0.1, 0.15) is 0 Å². The number of ether oxygens (including phenoxy) is 2. The Morgan fingerprint density at radius 1 is 1.36 bits per heavy atom. The van der Waals surface area contributed by atoms with Crippen molar-refractivity contribution in [3.63, 3.8) is 0 Å². The average Bonchev–Trinajstić information content (AvgIpc) is 2.55. The first-order chi connectivity index (χ1) is 11.8. The largest absolute Gasteiger partial charge is 0.493 e. The molecule has 1 aromatic carbocycles. The average molecular weight is 350 g/mol. The molecule has 0 bridgehead atoms. The van der Waals surface area contributed by atoms with Crippen LogP contribution in [0.5, 0.6) is 11.5 Å². The number of carboxylic acids is 1. The van der Waals surface area contributed by atoms with Gasteiger partial charge in [0.25, 0.3) is 0 Å². The predicted molar refractivity (Wildman–Crippen MR) is 97.3 cm³/mol. The summed E-state index contributed by atoms with van der Waals surface area (Å²) in [6, 6.07) is 5.69. The van der Waals surface area contributed by atoms with Crippen molar-refractivity contribution in [3.8, 4) is 11.5 Å². The highest BCUT2D eigenvalue weighted by Crippen LogP contribution is 2.34. The minimum Gasteiger partial charge on any atom is -0.493 e. The van der Waals surface area contributed by atoms with Gasteiger partial charge in [-0.2, -0.15) is 0 Å². The van der Waals surface area contributed by atoms with Crippen LogP contribution in [0.4, 0.5) is 0 Å². The van der Waals surface area contributed by atoms with E-state index in [2.05, 4.69) is 30.6 Å². The smallest absolute Gasteiger partial charge is 0.344 e. The molecule has 1 N–H and O–H groups in total. The van der Waals surface area contributed by atoms with Crippen LogP contribution in [-0.4, -0.2) is 65.8 Å². The van der Waals surface area contributed by atoms with Crippen LogP contribution in [0.15, 0.2) is 18.2 Å². The number of aliphatic carboxylic acids is 1. The maximum atomic E-state index is 11.2. The summed E-state index contributed by atoms with van der Waals surface area (Å²) in [6.07, 6.45) is -0.927. The van der Waals surface area contributed by atoms with Gasteiger partial charge in [0, 0.05) is 37.3 Å². The van der Waals surface area contributed by atoms with E-state index in [0.29, 0.717) is 18.0 Å². The second-order valence-corrected chi connectivity index (χ2v) is 7.15. The van der Waals surface area contributed by atoms with Crippen LogP contribution < -0.4 is 9.47 Å². The number of carbonyl (C=O) groups is 1. The lowest BCUT2D eigenvalue weighted by atomic mass is 9.98. The van der Waals surface area contributed by atoms with Crippen LogP contribution >= 0.6 is 0 Å². The number of likely N-dealkylation sites (N-methyl/N-ethyl adjacent to an activating group) is 1. The molecule has 1 fully saturated rings. The van der Waals surface area contributed by atoms with Crippen molar-refractivity contribution >= 4 is 5.97 Å². The van der Waals surface area contributed by atoms with E-state index in [1.54, 1.807) is 13.2 Å². The Bertz CT molecular complexity index is 603. The molecule has 140 valence electrons. The van der Waals surface area contributed by atoms with Crippen LogP contribution in [0.3, 0.4) is 0 Å². The summed E-state index contributed by atoms with van der Waals surface area (Å²) in [7, 11) is 1.57. The maximum absolute atomic E-state index is 11.2. The zero-order chi connectivity index (χ0) is 18.6. The third-order valence-electron chi connectivity index (χ3n) is 4.85. The van der Waals surface area contributed by atoms with Crippen LogP contribution in [-0.2, 0) is 11.3 Å². The van der Waals surface area contributed by atoms with Crippen molar-refractivity contribution in [1.29, 1.82) is 0 Å². The predicted octanol–water partition coefficient (Wildman–Crippen LogP) is 2.46. The van der Waals surface area contributed by atoms with Gasteiger partial charge in [-0.05, 0) is 33.4 Å². The van der Waals surface area contributed by atoms with Gasteiger partial charge in [-0.3, -0.25) is 9.80 Å². The molecule has 0 amide bonds. The van der Waals surface area contributed by atoms with Crippen LogP contribution in [0.1, 0.15) is 33.3 Å². The molecular weight excluding hydrogens is 320 g/mol. The number of hydrogen-bond donors (Lipinski definition) is 1. The van der Waals surface area contributed by atoms with Gasteiger partial charge in [-0.25, -0.2) is 4.79 Å². The van der Waals surface area contributed by atoms with Gasteiger partial charge >= 0.3 is 5.97 Å². The third kappa shape index (κ3) is 4.64. The molecule has 6 heteroatoms. The molecule has 0 spiro atoms. The molecule has 1 saturated heterocycles. The molecule has 25 heavy (non-hydrogen) atoms. The fourth-order valence-electron chi connectivity index (χ4n) is 3.46. The minimum atomic E-state index is -0.991. The normalized spacial score (nSPS) is 19.4. The molecule has 0 radical (unpaired) electrons. The lowest BCUT2D eigenvalue weighted by Gasteiger charge is -2.47. The highest BCUT2D eigenvalue weighted by molar-refractivity contribution is 5.72. The number of piperazine rings is 1. The number of carboxylic acid groups (broad SMARTS) is 1. The molecule has 6 nitrogen and oxygen atoms in total. The van der Waals surface area contributed by atoms with E-state index in [9.17, 15) is 4.79 Å². The van der Waals surface area contributed by atoms with Crippen molar-refractivity contribution in [2.75, 3.05) is 33.3 Å². The van der Waals surface area contributed by atoms with Gasteiger partial charge in [0.2, 0.25) is 0 Å². The molecule has 2 rings (SSSR count). The summed E-state index contributed by atoms with van der Waals surface area (Å²) >= 11 is 0. The Morgan fingerprint density at radius 2 is 2.08 bits per heavy atom. The SMILES string of the molecule is CCN1CCN(Cc2cccc(OC)c2OC(C)C(=O)O)CC1(C)C. The van der Waals surface area contributed by atoms with Crippen molar-refractivity contribution < 1.29 is 19.4 Å². The first-order valence-electron chi connectivity index (χ1n) is 8.81. The van der Waals surface area contributed by atoms with Crippen molar-refractivity contribution in [1.82, 2.24) is 9.80 Å². The second kappa shape index (κ2) is 8.06. The molecule has 1 atom stereocenters. The maximum Gasteiger partial charge on any atom is 0.344 e. The summed E-state index contributed by atoms with van der Waals surface area (Å²) < 4.78 is 11.1. The molecule has 1 aromatic rings.